The van der Waals surface area contributed by atoms with Gasteiger partial charge in [-0.1, -0.05) is 6.07 Å². The molecule has 110 valence electrons. The van der Waals surface area contributed by atoms with E-state index in [0.717, 1.165) is 30.8 Å². The highest BCUT2D eigenvalue weighted by Crippen LogP contribution is 2.33. The molecule has 3 atom stereocenters. The van der Waals surface area contributed by atoms with Crippen LogP contribution in [0.2, 0.25) is 0 Å². The van der Waals surface area contributed by atoms with Crippen molar-refractivity contribution in [3.8, 4) is 11.5 Å². The molecule has 0 aliphatic carbocycles. The molecule has 6 heteroatoms. The van der Waals surface area contributed by atoms with Crippen LogP contribution in [0.25, 0.3) is 0 Å². The van der Waals surface area contributed by atoms with Crippen molar-refractivity contribution >= 4 is 10.8 Å². The number of rotatable bonds is 5. The van der Waals surface area contributed by atoms with Crippen LogP contribution >= 0.6 is 0 Å². The van der Waals surface area contributed by atoms with E-state index in [4.69, 9.17) is 19.9 Å². The van der Waals surface area contributed by atoms with E-state index in [1.165, 1.54) is 0 Å². The minimum Gasteiger partial charge on any atom is -0.454 e. The highest BCUT2D eigenvalue weighted by atomic mass is 32.2. The minimum absolute atomic E-state index is 0.139. The summed E-state index contributed by atoms with van der Waals surface area (Å²) in [4.78, 5) is 0. The normalized spacial score (nSPS) is 23.8. The molecule has 1 saturated heterocycles. The molecule has 3 unspecified atom stereocenters. The molecule has 2 heterocycles. The second-order valence-electron chi connectivity index (χ2n) is 5.13. The van der Waals surface area contributed by atoms with Crippen LogP contribution in [0.5, 0.6) is 11.5 Å². The quantitative estimate of drug-likeness (QED) is 0.888. The summed E-state index contributed by atoms with van der Waals surface area (Å²) in [5.74, 6) is 2.47. The molecule has 0 bridgehead atoms. The second kappa shape index (κ2) is 6.11. The molecule has 0 amide bonds. The van der Waals surface area contributed by atoms with Gasteiger partial charge in [0.25, 0.3) is 0 Å². The maximum atomic E-state index is 12.1. The molecule has 0 spiro atoms. The predicted molar refractivity (Wildman–Crippen MR) is 76.3 cm³/mol. The fraction of sp³-hybridized carbons (Fsp3) is 0.571. The molecule has 2 aliphatic heterocycles. The first-order chi connectivity index (χ1) is 9.72. The Morgan fingerprint density at radius 1 is 1.35 bits per heavy atom. The average Bonchev–Trinajstić information content (AvgIpc) is 3.07. The Hall–Kier alpha value is -1.11. The van der Waals surface area contributed by atoms with E-state index in [-0.39, 0.29) is 18.9 Å². The van der Waals surface area contributed by atoms with Gasteiger partial charge in [-0.25, -0.2) is 0 Å². The van der Waals surface area contributed by atoms with Crippen LogP contribution in [-0.2, 0) is 15.5 Å². The lowest BCUT2D eigenvalue weighted by Gasteiger charge is -2.14. The van der Waals surface area contributed by atoms with E-state index in [9.17, 15) is 4.21 Å². The SMILES string of the molecule is NC(CS(=O)CC1CCCO1)c1ccc2c(c1)OCO2. The standard InChI is InChI=1S/C14H19NO4S/c15-12(8-20(16)7-11-2-1-5-17-11)10-3-4-13-14(6-10)19-9-18-13/h3-4,6,11-12H,1-2,5,7-9,15H2. The summed E-state index contributed by atoms with van der Waals surface area (Å²) in [7, 11) is -0.961. The molecule has 3 rings (SSSR count). The van der Waals surface area contributed by atoms with Gasteiger partial charge in [-0.2, -0.15) is 0 Å². The Balaban J connectivity index is 1.58. The number of ether oxygens (including phenoxy) is 3. The van der Waals surface area contributed by atoms with E-state index in [1.807, 2.05) is 18.2 Å². The molecule has 1 aromatic carbocycles. The van der Waals surface area contributed by atoms with E-state index in [2.05, 4.69) is 0 Å². The van der Waals surface area contributed by atoms with E-state index in [0.29, 0.717) is 17.3 Å². The molecule has 2 N–H and O–H groups in total. The third-order valence-corrected chi connectivity index (χ3v) is 5.06. The third-order valence-electron chi connectivity index (χ3n) is 3.59. The molecule has 1 fully saturated rings. The highest BCUT2D eigenvalue weighted by Gasteiger charge is 2.21. The lowest BCUT2D eigenvalue weighted by molar-refractivity contribution is 0.128. The number of hydrogen-bond donors (Lipinski definition) is 1. The number of fused-ring (bicyclic) bond motifs is 1. The Bertz CT molecular complexity index is 502. The van der Waals surface area contributed by atoms with Gasteiger partial charge < -0.3 is 19.9 Å². The van der Waals surface area contributed by atoms with Gasteiger partial charge in [0.1, 0.15) is 0 Å². The van der Waals surface area contributed by atoms with Gasteiger partial charge in [0.2, 0.25) is 6.79 Å². The van der Waals surface area contributed by atoms with Crippen molar-refractivity contribution in [2.45, 2.75) is 25.0 Å². The summed E-state index contributed by atoms with van der Waals surface area (Å²) in [6.45, 7) is 1.04. The molecule has 0 radical (unpaired) electrons. The lowest BCUT2D eigenvalue weighted by Crippen LogP contribution is -2.24. The average molecular weight is 297 g/mol. The van der Waals surface area contributed by atoms with Crippen molar-refractivity contribution in [1.29, 1.82) is 0 Å². The fourth-order valence-corrected chi connectivity index (χ4v) is 3.90. The molecule has 0 aromatic heterocycles. The van der Waals surface area contributed by atoms with Gasteiger partial charge in [-0.05, 0) is 30.5 Å². The molecule has 5 nitrogen and oxygen atoms in total. The van der Waals surface area contributed by atoms with Crippen molar-refractivity contribution in [3.63, 3.8) is 0 Å². The lowest BCUT2D eigenvalue weighted by atomic mass is 10.1. The molecular formula is C14H19NO4S. The molecule has 1 aromatic rings. The molecular weight excluding hydrogens is 278 g/mol. The first-order valence-electron chi connectivity index (χ1n) is 6.84. The first-order valence-corrected chi connectivity index (χ1v) is 8.33. The summed E-state index contributed by atoms with van der Waals surface area (Å²) < 4.78 is 28.2. The topological polar surface area (TPSA) is 70.8 Å². The Kier molecular flexibility index (Phi) is 4.24. The smallest absolute Gasteiger partial charge is 0.231 e. The van der Waals surface area contributed by atoms with Crippen molar-refractivity contribution in [2.24, 2.45) is 5.73 Å². The van der Waals surface area contributed by atoms with Crippen LogP contribution in [0.4, 0.5) is 0 Å². The van der Waals surface area contributed by atoms with Crippen molar-refractivity contribution < 1.29 is 18.4 Å². The van der Waals surface area contributed by atoms with E-state index in [1.54, 1.807) is 0 Å². The van der Waals surface area contributed by atoms with Crippen molar-refractivity contribution in [2.75, 3.05) is 24.9 Å². The van der Waals surface area contributed by atoms with Gasteiger partial charge in [0, 0.05) is 35.0 Å². The highest BCUT2D eigenvalue weighted by molar-refractivity contribution is 7.85. The summed E-state index contributed by atoms with van der Waals surface area (Å²) in [5, 5.41) is 0. The monoisotopic (exact) mass is 297 g/mol. The maximum absolute atomic E-state index is 12.1. The van der Waals surface area contributed by atoms with Crippen LogP contribution in [-0.4, -0.2) is 35.2 Å². The van der Waals surface area contributed by atoms with Crippen LogP contribution < -0.4 is 15.2 Å². The first kappa shape index (κ1) is 13.9. The predicted octanol–water partition coefficient (Wildman–Crippen LogP) is 1.34. The maximum Gasteiger partial charge on any atom is 0.231 e. The summed E-state index contributed by atoms with van der Waals surface area (Å²) >= 11 is 0. The van der Waals surface area contributed by atoms with Crippen LogP contribution in [0, 0.1) is 0 Å². The molecule has 2 aliphatic rings. The summed E-state index contributed by atoms with van der Waals surface area (Å²) in [6, 6.07) is 5.37. The fourth-order valence-electron chi connectivity index (χ4n) is 2.49. The number of nitrogens with two attached hydrogens (primary N) is 1. The second-order valence-corrected chi connectivity index (χ2v) is 6.67. The minimum atomic E-state index is -0.961. The Morgan fingerprint density at radius 3 is 3.00 bits per heavy atom. The van der Waals surface area contributed by atoms with Crippen molar-refractivity contribution in [1.82, 2.24) is 0 Å². The van der Waals surface area contributed by atoms with Crippen LogP contribution in [0.3, 0.4) is 0 Å². The van der Waals surface area contributed by atoms with Crippen molar-refractivity contribution in [3.05, 3.63) is 23.8 Å². The van der Waals surface area contributed by atoms with Gasteiger partial charge >= 0.3 is 0 Å². The van der Waals surface area contributed by atoms with E-state index >= 15 is 0 Å². The Morgan fingerprint density at radius 2 is 2.20 bits per heavy atom. The van der Waals surface area contributed by atoms with Gasteiger partial charge in [-0.15, -0.1) is 0 Å². The third kappa shape index (κ3) is 3.13. The zero-order chi connectivity index (χ0) is 13.9. The van der Waals surface area contributed by atoms with Crippen LogP contribution in [0.1, 0.15) is 24.4 Å². The number of benzene rings is 1. The van der Waals surface area contributed by atoms with Gasteiger partial charge in [0.05, 0.1) is 6.10 Å². The largest absolute Gasteiger partial charge is 0.454 e. The summed E-state index contributed by atoms with van der Waals surface area (Å²) in [6.07, 6.45) is 2.21. The summed E-state index contributed by atoms with van der Waals surface area (Å²) in [5.41, 5.74) is 7.06. The van der Waals surface area contributed by atoms with E-state index < -0.39 is 10.8 Å². The number of hydrogen-bond acceptors (Lipinski definition) is 5. The molecule has 20 heavy (non-hydrogen) atoms. The zero-order valence-corrected chi connectivity index (χ0v) is 12.1. The molecule has 0 saturated carbocycles. The zero-order valence-electron chi connectivity index (χ0n) is 11.2. The Labute approximate surface area is 120 Å². The van der Waals surface area contributed by atoms with Crippen LogP contribution in [0.15, 0.2) is 18.2 Å². The van der Waals surface area contributed by atoms with Gasteiger partial charge in [0.15, 0.2) is 11.5 Å². The van der Waals surface area contributed by atoms with Gasteiger partial charge in [-0.3, -0.25) is 4.21 Å².